The van der Waals surface area contributed by atoms with Crippen molar-refractivity contribution in [3.8, 4) is 5.75 Å². The number of pyridine rings is 1. The molecule has 1 aliphatic rings. The largest absolute Gasteiger partial charge is 0.493 e. The number of rotatable bonds is 3. The number of nitrogens with one attached hydrogen (secondary N) is 1. The van der Waals surface area contributed by atoms with Crippen molar-refractivity contribution in [1.29, 1.82) is 0 Å². The van der Waals surface area contributed by atoms with Gasteiger partial charge in [-0.05, 0) is 25.0 Å². The minimum Gasteiger partial charge on any atom is -0.493 e. The van der Waals surface area contributed by atoms with Gasteiger partial charge in [-0.1, -0.05) is 30.3 Å². The van der Waals surface area contributed by atoms with Crippen LogP contribution in [0.15, 0.2) is 35.0 Å². The highest BCUT2D eigenvalue weighted by molar-refractivity contribution is 5.97. The number of carbonyl (C=O) groups excluding carboxylic acids is 1. The second-order valence-electron chi connectivity index (χ2n) is 6.22. The van der Waals surface area contributed by atoms with Crippen LogP contribution in [0.2, 0.25) is 0 Å². The fourth-order valence-electron chi connectivity index (χ4n) is 3.23. The molecule has 0 bridgehead atoms. The van der Waals surface area contributed by atoms with Gasteiger partial charge in [0, 0.05) is 18.2 Å². The Morgan fingerprint density at radius 2 is 2.28 bits per heavy atom. The molecule has 6 heteroatoms. The smallest absolute Gasteiger partial charge is 0.257 e. The van der Waals surface area contributed by atoms with E-state index >= 15 is 0 Å². The molecule has 1 aliphatic heterocycles. The van der Waals surface area contributed by atoms with Crippen LogP contribution in [0.4, 0.5) is 0 Å². The first-order valence-corrected chi connectivity index (χ1v) is 8.45. The molecule has 2 aromatic heterocycles. The van der Waals surface area contributed by atoms with E-state index < -0.39 is 0 Å². The molecular weight excluding hydrogens is 318 g/mol. The molecule has 3 aromatic rings. The summed E-state index contributed by atoms with van der Waals surface area (Å²) in [5.41, 5.74) is 3.88. The highest BCUT2D eigenvalue weighted by atomic mass is 16.5. The van der Waals surface area contributed by atoms with Crippen molar-refractivity contribution in [3.63, 3.8) is 0 Å². The molecule has 1 aromatic carbocycles. The van der Waals surface area contributed by atoms with E-state index in [0.29, 0.717) is 17.9 Å². The molecule has 0 unspecified atom stereocenters. The third kappa shape index (κ3) is 2.73. The Kier molecular flexibility index (Phi) is 3.87. The molecule has 0 aliphatic carbocycles. The van der Waals surface area contributed by atoms with E-state index in [-0.39, 0.29) is 11.9 Å². The van der Waals surface area contributed by atoms with Crippen molar-refractivity contribution in [2.45, 2.75) is 32.7 Å². The van der Waals surface area contributed by atoms with E-state index in [4.69, 9.17) is 9.26 Å². The zero-order valence-corrected chi connectivity index (χ0v) is 14.2. The summed E-state index contributed by atoms with van der Waals surface area (Å²) >= 11 is 0. The number of para-hydroxylation sites is 1. The van der Waals surface area contributed by atoms with Crippen LogP contribution in [0.1, 0.15) is 46.6 Å². The Bertz CT molecular complexity index is 948. The summed E-state index contributed by atoms with van der Waals surface area (Å²) < 4.78 is 10.9. The van der Waals surface area contributed by atoms with Crippen molar-refractivity contribution < 1.29 is 14.1 Å². The van der Waals surface area contributed by atoms with Gasteiger partial charge < -0.3 is 14.6 Å². The number of nitrogens with zero attached hydrogens (tertiary/aromatic N) is 2. The maximum atomic E-state index is 12.7. The molecule has 3 heterocycles. The van der Waals surface area contributed by atoms with Crippen LogP contribution in [0.5, 0.6) is 5.75 Å². The van der Waals surface area contributed by atoms with Gasteiger partial charge in [0.2, 0.25) is 0 Å². The normalized spacial score (nSPS) is 16.3. The van der Waals surface area contributed by atoms with Crippen LogP contribution in [-0.4, -0.2) is 22.7 Å². The van der Waals surface area contributed by atoms with E-state index in [2.05, 4.69) is 15.5 Å². The summed E-state index contributed by atoms with van der Waals surface area (Å²) in [7, 11) is 0. The summed E-state index contributed by atoms with van der Waals surface area (Å²) in [4.78, 5) is 16.9. The summed E-state index contributed by atoms with van der Waals surface area (Å²) in [6.07, 6.45) is 3.00. The molecule has 1 amide bonds. The topological polar surface area (TPSA) is 77.2 Å². The van der Waals surface area contributed by atoms with Crippen LogP contribution >= 0.6 is 0 Å². The maximum absolute atomic E-state index is 12.7. The first-order chi connectivity index (χ1) is 12.2. The first kappa shape index (κ1) is 15.6. The Balaban J connectivity index is 1.62. The number of aromatic nitrogens is 2. The summed E-state index contributed by atoms with van der Waals surface area (Å²) in [5, 5.41) is 7.88. The van der Waals surface area contributed by atoms with Crippen LogP contribution in [0.3, 0.4) is 0 Å². The van der Waals surface area contributed by atoms with Gasteiger partial charge in [0.1, 0.15) is 5.75 Å². The predicted octanol–water partition coefficient (Wildman–Crippen LogP) is 3.35. The Hall–Kier alpha value is -2.89. The molecule has 4 rings (SSSR count). The summed E-state index contributed by atoms with van der Waals surface area (Å²) in [5.74, 6) is 0.719. The van der Waals surface area contributed by atoms with Crippen LogP contribution in [0, 0.1) is 6.92 Å². The summed E-state index contributed by atoms with van der Waals surface area (Å²) in [6.45, 7) is 4.59. The second-order valence-corrected chi connectivity index (χ2v) is 6.22. The molecule has 6 nitrogen and oxygen atoms in total. The predicted molar refractivity (Wildman–Crippen MR) is 92.7 cm³/mol. The summed E-state index contributed by atoms with van der Waals surface area (Å²) in [6, 6.07) is 7.73. The molecule has 0 saturated carbocycles. The molecule has 25 heavy (non-hydrogen) atoms. The number of aryl methyl sites for hydroxylation is 2. The van der Waals surface area contributed by atoms with Gasteiger partial charge in [-0.3, -0.25) is 4.79 Å². The Morgan fingerprint density at radius 1 is 1.40 bits per heavy atom. The number of fused-ring (bicyclic) bond motifs is 2. The van der Waals surface area contributed by atoms with Gasteiger partial charge in [0.15, 0.2) is 0 Å². The molecule has 1 N–H and O–H groups in total. The average molecular weight is 337 g/mol. The lowest BCUT2D eigenvalue weighted by Crippen LogP contribution is -2.32. The highest BCUT2D eigenvalue weighted by Crippen LogP contribution is 2.34. The first-order valence-electron chi connectivity index (χ1n) is 8.45. The molecule has 0 fully saturated rings. The molecule has 0 radical (unpaired) electrons. The van der Waals surface area contributed by atoms with Crippen molar-refractivity contribution >= 4 is 17.0 Å². The van der Waals surface area contributed by atoms with Crippen molar-refractivity contribution in [1.82, 2.24) is 15.5 Å². The molecule has 128 valence electrons. The van der Waals surface area contributed by atoms with Crippen molar-refractivity contribution in [2.75, 3.05) is 6.61 Å². The zero-order valence-electron chi connectivity index (χ0n) is 14.2. The van der Waals surface area contributed by atoms with E-state index in [1.807, 2.05) is 32.0 Å². The van der Waals surface area contributed by atoms with Gasteiger partial charge in [0.05, 0.1) is 29.3 Å². The van der Waals surface area contributed by atoms with E-state index in [1.54, 1.807) is 6.07 Å². The second kappa shape index (κ2) is 6.20. The SMILES string of the molecule is CCc1noc2ncc(C(=O)N[C@@H]3CCOc4c(C)cccc43)cc12. The monoisotopic (exact) mass is 337 g/mol. The third-order valence-electron chi connectivity index (χ3n) is 4.58. The number of hydrogen-bond acceptors (Lipinski definition) is 5. The Labute approximate surface area is 145 Å². The van der Waals surface area contributed by atoms with Crippen LogP contribution in [-0.2, 0) is 6.42 Å². The Morgan fingerprint density at radius 3 is 3.12 bits per heavy atom. The van der Waals surface area contributed by atoms with Gasteiger partial charge in [-0.15, -0.1) is 0 Å². The number of carbonyl (C=O) groups is 1. The number of amides is 1. The highest BCUT2D eigenvalue weighted by Gasteiger charge is 2.25. The number of ether oxygens (including phenoxy) is 1. The van der Waals surface area contributed by atoms with Crippen LogP contribution in [0.25, 0.3) is 11.1 Å². The van der Waals surface area contributed by atoms with Gasteiger partial charge in [0.25, 0.3) is 11.6 Å². The third-order valence-corrected chi connectivity index (χ3v) is 4.58. The molecule has 0 saturated heterocycles. The number of benzene rings is 1. The number of hydrogen-bond donors (Lipinski definition) is 1. The minimum atomic E-state index is -0.156. The average Bonchev–Trinajstić information content (AvgIpc) is 3.05. The lowest BCUT2D eigenvalue weighted by atomic mass is 9.97. The molecular formula is C19H19N3O3. The molecule has 1 atom stereocenters. The van der Waals surface area contributed by atoms with Gasteiger partial charge >= 0.3 is 0 Å². The standard InChI is InChI=1S/C19H19N3O3/c1-3-15-14-9-12(10-20-19(14)25-22-15)18(23)21-16-7-8-24-17-11(2)5-4-6-13(16)17/h4-6,9-10,16H,3,7-8H2,1-2H3,(H,21,23)/t16-/m1/s1. The fourth-order valence-corrected chi connectivity index (χ4v) is 3.23. The molecule has 0 spiro atoms. The van der Waals surface area contributed by atoms with E-state index in [0.717, 1.165) is 40.8 Å². The minimum absolute atomic E-state index is 0.0695. The van der Waals surface area contributed by atoms with E-state index in [1.165, 1.54) is 6.20 Å². The lowest BCUT2D eigenvalue weighted by molar-refractivity contribution is 0.0924. The van der Waals surface area contributed by atoms with E-state index in [9.17, 15) is 4.79 Å². The van der Waals surface area contributed by atoms with Gasteiger partial charge in [-0.25, -0.2) is 4.98 Å². The fraction of sp³-hybridized carbons (Fsp3) is 0.316. The maximum Gasteiger partial charge on any atom is 0.257 e. The van der Waals surface area contributed by atoms with Crippen molar-refractivity contribution in [3.05, 3.63) is 52.8 Å². The lowest BCUT2D eigenvalue weighted by Gasteiger charge is -2.27. The van der Waals surface area contributed by atoms with Gasteiger partial charge in [-0.2, -0.15) is 0 Å². The quantitative estimate of drug-likeness (QED) is 0.793. The zero-order chi connectivity index (χ0) is 17.4. The van der Waals surface area contributed by atoms with Crippen molar-refractivity contribution in [2.24, 2.45) is 0 Å². The van der Waals surface area contributed by atoms with Crippen LogP contribution < -0.4 is 10.1 Å².